The molecule has 0 unspecified atom stereocenters. The Morgan fingerprint density at radius 3 is 2.14 bits per heavy atom. The first kappa shape index (κ1) is 25.7. The molecule has 0 aromatic heterocycles. The van der Waals surface area contributed by atoms with Crippen molar-refractivity contribution in [3.63, 3.8) is 0 Å². The van der Waals surface area contributed by atoms with Gasteiger partial charge in [0.05, 0.1) is 20.3 Å². The molecule has 0 saturated heterocycles. The molecule has 0 bridgehead atoms. The van der Waals surface area contributed by atoms with E-state index in [0.29, 0.717) is 6.54 Å². The molecule has 0 aliphatic rings. The summed E-state index contributed by atoms with van der Waals surface area (Å²) in [7, 11) is 1.68. The lowest BCUT2D eigenvalue weighted by molar-refractivity contribution is 0.184. The Hall–Kier alpha value is -3.34. The minimum absolute atomic E-state index is 0.136. The number of unbranched alkanes of at least 4 members (excludes halogenated alkanes) is 2. The minimum Gasteiger partial charge on any atom is -0.497 e. The third-order valence-corrected chi connectivity index (χ3v) is 6.49. The van der Waals surface area contributed by atoms with E-state index < -0.39 is 0 Å². The number of benzene rings is 4. The standard InChI is InChI=1S/C32H37NO3/c1-35-31-16-12-27(13-17-31)24-33(19-20-34)25-28-11-14-30-23-32(18-15-29(30)22-28)36-21-7-3-6-10-26-8-4-2-5-9-26/h2,4-5,8-9,11-18,22-23,34H,3,6-7,10,19-21,24-25H2,1H3. The normalized spacial score (nSPS) is 11.2. The lowest BCUT2D eigenvalue weighted by Crippen LogP contribution is -2.26. The lowest BCUT2D eigenvalue weighted by Gasteiger charge is -2.22. The third-order valence-electron chi connectivity index (χ3n) is 6.49. The molecule has 0 fully saturated rings. The summed E-state index contributed by atoms with van der Waals surface area (Å²) >= 11 is 0. The molecule has 1 N–H and O–H groups in total. The van der Waals surface area contributed by atoms with Gasteiger partial charge in [-0.05, 0) is 83.5 Å². The van der Waals surface area contributed by atoms with Gasteiger partial charge in [-0.25, -0.2) is 0 Å². The number of aliphatic hydroxyl groups excluding tert-OH is 1. The zero-order valence-electron chi connectivity index (χ0n) is 21.2. The van der Waals surface area contributed by atoms with Gasteiger partial charge < -0.3 is 14.6 Å². The second-order valence-corrected chi connectivity index (χ2v) is 9.27. The van der Waals surface area contributed by atoms with E-state index in [0.717, 1.165) is 44.0 Å². The van der Waals surface area contributed by atoms with Crippen molar-refractivity contribution in [2.75, 3.05) is 26.9 Å². The van der Waals surface area contributed by atoms with Crippen molar-refractivity contribution in [3.8, 4) is 11.5 Å². The Morgan fingerprint density at radius 2 is 1.36 bits per heavy atom. The summed E-state index contributed by atoms with van der Waals surface area (Å²) in [5.74, 6) is 1.79. The van der Waals surface area contributed by atoms with E-state index in [1.54, 1.807) is 7.11 Å². The SMILES string of the molecule is COc1ccc(CN(CCO)Cc2ccc3cc(OCCCCCc4ccccc4)ccc3c2)cc1. The van der Waals surface area contributed by atoms with Gasteiger partial charge in [-0.15, -0.1) is 0 Å². The first-order valence-electron chi connectivity index (χ1n) is 12.9. The minimum atomic E-state index is 0.136. The number of aryl methyl sites for hydroxylation is 1. The fraction of sp³-hybridized carbons (Fsp3) is 0.312. The molecule has 0 amide bonds. The van der Waals surface area contributed by atoms with Crippen LogP contribution in [0.25, 0.3) is 10.8 Å². The van der Waals surface area contributed by atoms with Crippen LogP contribution in [0.5, 0.6) is 11.5 Å². The molecule has 0 heterocycles. The summed E-state index contributed by atoms with van der Waals surface area (Å²) in [5, 5.41) is 12.0. The van der Waals surface area contributed by atoms with Crippen molar-refractivity contribution in [2.24, 2.45) is 0 Å². The fourth-order valence-corrected chi connectivity index (χ4v) is 4.51. The Balaban J connectivity index is 1.27. The zero-order valence-corrected chi connectivity index (χ0v) is 21.2. The molecule has 188 valence electrons. The summed E-state index contributed by atoms with van der Waals surface area (Å²) in [6, 6.07) is 31.7. The van der Waals surface area contributed by atoms with Crippen LogP contribution in [0, 0.1) is 0 Å². The molecular weight excluding hydrogens is 446 g/mol. The van der Waals surface area contributed by atoms with Crippen LogP contribution >= 0.6 is 0 Å². The van der Waals surface area contributed by atoms with Gasteiger partial charge in [0.2, 0.25) is 0 Å². The number of ether oxygens (including phenoxy) is 2. The van der Waals surface area contributed by atoms with Gasteiger partial charge in [0.25, 0.3) is 0 Å². The van der Waals surface area contributed by atoms with Crippen LogP contribution < -0.4 is 9.47 Å². The number of hydrogen-bond acceptors (Lipinski definition) is 4. The summed E-state index contributed by atoms with van der Waals surface area (Å²) < 4.78 is 11.3. The van der Waals surface area contributed by atoms with Crippen LogP contribution in [-0.2, 0) is 19.5 Å². The Morgan fingerprint density at radius 1 is 0.667 bits per heavy atom. The number of fused-ring (bicyclic) bond motifs is 1. The summed E-state index contributed by atoms with van der Waals surface area (Å²) in [4.78, 5) is 2.26. The third kappa shape index (κ3) is 7.84. The summed E-state index contributed by atoms with van der Waals surface area (Å²) in [6.07, 6.45) is 4.57. The first-order chi connectivity index (χ1) is 17.7. The van der Waals surface area contributed by atoms with Crippen molar-refractivity contribution in [2.45, 2.75) is 38.8 Å². The summed E-state index contributed by atoms with van der Waals surface area (Å²) in [5.41, 5.74) is 3.84. The topological polar surface area (TPSA) is 41.9 Å². The molecule has 36 heavy (non-hydrogen) atoms. The van der Waals surface area contributed by atoms with E-state index in [2.05, 4.69) is 83.8 Å². The molecule has 0 atom stereocenters. The zero-order chi connectivity index (χ0) is 25.0. The maximum Gasteiger partial charge on any atom is 0.119 e. The maximum absolute atomic E-state index is 9.57. The molecule has 0 aliphatic heterocycles. The van der Waals surface area contributed by atoms with E-state index in [-0.39, 0.29) is 6.61 Å². The Labute approximate surface area is 215 Å². The van der Waals surface area contributed by atoms with Crippen LogP contribution in [0.15, 0.2) is 91.0 Å². The van der Waals surface area contributed by atoms with Gasteiger partial charge in [-0.3, -0.25) is 4.90 Å². The molecule has 4 rings (SSSR count). The van der Waals surface area contributed by atoms with Crippen LogP contribution in [0.3, 0.4) is 0 Å². The predicted octanol–water partition coefficient (Wildman–Crippen LogP) is 6.63. The molecule has 0 radical (unpaired) electrons. The molecule has 0 spiro atoms. The lowest BCUT2D eigenvalue weighted by atomic mass is 10.1. The fourth-order valence-electron chi connectivity index (χ4n) is 4.51. The van der Waals surface area contributed by atoms with Crippen molar-refractivity contribution in [1.82, 2.24) is 4.90 Å². The van der Waals surface area contributed by atoms with Crippen LogP contribution in [0.4, 0.5) is 0 Å². The Kier molecular flexibility index (Phi) is 9.78. The monoisotopic (exact) mass is 483 g/mol. The molecule has 4 nitrogen and oxygen atoms in total. The van der Waals surface area contributed by atoms with Crippen molar-refractivity contribution in [3.05, 3.63) is 108 Å². The number of nitrogens with zero attached hydrogens (tertiary/aromatic N) is 1. The molecule has 0 aliphatic carbocycles. The molecule has 0 saturated carbocycles. The highest BCUT2D eigenvalue weighted by Gasteiger charge is 2.08. The average molecular weight is 484 g/mol. The first-order valence-corrected chi connectivity index (χ1v) is 12.9. The van der Waals surface area contributed by atoms with Gasteiger partial charge in [0, 0.05) is 19.6 Å². The molecular formula is C32H37NO3. The van der Waals surface area contributed by atoms with E-state index >= 15 is 0 Å². The molecule has 4 aromatic rings. The van der Waals surface area contributed by atoms with E-state index in [1.807, 2.05) is 12.1 Å². The highest BCUT2D eigenvalue weighted by Crippen LogP contribution is 2.24. The highest BCUT2D eigenvalue weighted by molar-refractivity contribution is 5.84. The molecule has 4 aromatic carbocycles. The largest absolute Gasteiger partial charge is 0.497 e. The van der Waals surface area contributed by atoms with Crippen molar-refractivity contribution >= 4 is 10.8 Å². The summed E-state index contributed by atoms with van der Waals surface area (Å²) in [6.45, 7) is 3.07. The average Bonchev–Trinajstić information content (AvgIpc) is 2.92. The van der Waals surface area contributed by atoms with E-state index in [9.17, 15) is 5.11 Å². The molecule has 4 heteroatoms. The number of hydrogen-bond donors (Lipinski definition) is 1. The van der Waals surface area contributed by atoms with Crippen LogP contribution in [-0.4, -0.2) is 36.9 Å². The quantitative estimate of drug-likeness (QED) is 0.204. The van der Waals surface area contributed by atoms with Crippen LogP contribution in [0.2, 0.25) is 0 Å². The number of aliphatic hydroxyl groups is 1. The Bertz CT molecular complexity index is 1190. The van der Waals surface area contributed by atoms with Crippen molar-refractivity contribution < 1.29 is 14.6 Å². The van der Waals surface area contributed by atoms with Crippen molar-refractivity contribution in [1.29, 1.82) is 0 Å². The van der Waals surface area contributed by atoms with Gasteiger partial charge in [-0.1, -0.05) is 60.7 Å². The predicted molar refractivity (Wildman–Crippen MR) is 148 cm³/mol. The van der Waals surface area contributed by atoms with E-state index in [1.165, 1.54) is 40.3 Å². The maximum atomic E-state index is 9.57. The second kappa shape index (κ2) is 13.7. The van der Waals surface area contributed by atoms with Gasteiger partial charge in [0.15, 0.2) is 0 Å². The van der Waals surface area contributed by atoms with Crippen LogP contribution in [0.1, 0.15) is 36.0 Å². The smallest absolute Gasteiger partial charge is 0.119 e. The number of methoxy groups -OCH3 is 1. The number of rotatable bonds is 14. The highest BCUT2D eigenvalue weighted by atomic mass is 16.5. The second-order valence-electron chi connectivity index (χ2n) is 9.27. The van der Waals surface area contributed by atoms with Gasteiger partial charge >= 0.3 is 0 Å². The van der Waals surface area contributed by atoms with Gasteiger partial charge in [-0.2, -0.15) is 0 Å². The van der Waals surface area contributed by atoms with Gasteiger partial charge in [0.1, 0.15) is 11.5 Å². The van der Waals surface area contributed by atoms with E-state index in [4.69, 9.17) is 9.47 Å².